The summed E-state index contributed by atoms with van der Waals surface area (Å²) in [4.78, 5) is 0. The van der Waals surface area contributed by atoms with Crippen molar-refractivity contribution in [3.8, 4) is 0 Å². The molecule has 0 amide bonds. The normalized spacial score (nSPS) is 9.80. The summed E-state index contributed by atoms with van der Waals surface area (Å²) >= 11 is 5.50. The highest BCUT2D eigenvalue weighted by Crippen LogP contribution is 2.22. The second-order valence-corrected chi connectivity index (χ2v) is 2.33. The van der Waals surface area contributed by atoms with Crippen molar-refractivity contribution in [2.45, 2.75) is 0 Å². The van der Waals surface area contributed by atoms with Crippen molar-refractivity contribution in [3.63, 3.8) is 0 Å². The van der Waals surface area contributed by atoms with Gasteiger partial charge in [0, 0.05) is 5.02 Å². The Morgan fingerprint density at radius 2 is 1.60 bits per heavy atom. The molecule has 0 saturated heterocycles. The molecule has 0 unspecified atom stereocenters. The van der Waals surface area contributed by atoms with Crippen molar-refractivity contribution in [2.75, 3.05) is 11.5 Å². The molecule has 0 heterocycles. The Morgan fingerprint density at radius 3 is 2.00 bits per heavy atom. The predicted molar refractivity (Wildman–Crippen MR) is 40.2 cm³/mol. The van der Waals surface area contributed by atoms with Crippen molar-refractivity contribution < 1.29 is 4.39 Å². The Hall–Kier alpha value is -0.960. The lowest BCUT2D eigenvalue weighted by molar-refractivity contribution is 0.637. The van der Waals surface area contributed by atoms with Crippen LogP contribution in [0, 0.1) is 5.82 Å². The van der Waals surface area contributed by atoms with Gasteiger partial charge in [-0.15, -0.1) is 0 Å². The Labute approximate surface area is 62.6 Å². The fraction of sp³-hybridized carbons (Fsp3) is 0. The number of halogens is 2. The molecule has 0 aliphatic carbocycles. The van der Waals surface area contributed by atoms with Crippen LogP contribution in [-0.4, -0.2) is 0 Å². The van der Waals surface area contributed by atoms with Crippen LogP contribution in [-0.2, 0) is 0 Å². The smallest absolute Gasteiger partial charge is 0.169 e. The van der Waals surface area contributed by atoms with Crippen molar-refractivity contribution in [1.82, 2.24) is 0 Å². The zero-order chi connectivity index (χ0) is 7.72. The predicted octanol–water partition coefficient (Wildman–Crippen LogP) is 1.64. The summed E-state index contributed by atoms with van der Waals surface area (Å²) in [6, 6.07) is 2.63. The minimum atomic E-state index is -0.607. The lowest BCUT2D eigenvalue weighted by Crippen LogP contribution is -1.96. The summed E-state index contributed by atoms with van der Waals surface area (Å²) in [5.74, 6) is -0.607. The third kappa shape index (κ3) is 1.14. The van der Waals surface area contributed by atoms with Crippen LogP contribution < -0.4 is 11.5 Å². The van der Waals surface area contributed by atoms with E-state index in [-0.39, 0.29) is 11.4 Å². The molecule has 0 atom stereocenters. The first-order valence-corrected chi connectivity index (χ1v) is 2.99. The van der Waals surface area contributed by atoms with E-state index in [1.54, 1.807) is 0 Å². The maximum atomic E-state index is 12.6. The minimum Gasteiger partial charge on any atom is -0.396 e. The van der Waals surface area contributed by atoms with E-state index in [0.29, 0.717) is 5.02 Å². The lowest BCUT2D eigenvalue weighted by Gasteiger charge is -1.99. The fourth-order valence-electron chi connectivity index (χ4n) is 0.632. The van der Waals surface area contributed by atoms with Crippen molar-refractivity contribution in [1.29, 1.82) is 0 Å². The van der Waals surface area contributed by atoms with Gasteiger partial charge < -0.3 is 11.5 Å². The lowest BCUT2D eigenvalue weighted by atomic mass is 10.3. The first kappa shape index (κ1) is 7.15. The largest absolute Gasteiger partial charge is 0.396 e. The van der Waals surface area contributed by atoms with Gasteiger partial charge in [-0.1, -0.05) is 11.6 Å². The summed E-state index contributed by atoms with van der Waals surface area (Å²) in [6.45, 7) is 0. The standard InChI is InChI=1S/C6H6ClFN2/c7-3-1-4(9)6(8)5(10)2-3/h1-2H,9-10H2. The Morgan fingerprint density at radius 1 is 1.20 bits per heavy atom. The summed E-state index contributed by atoms with van der Waals surface area (Å²) in [6.07, 6.45) is 0. The molecule has 2 nitrogen and oxygen atoms in total. The van der Waals surface area contributed by atoms with Crippen molar-refractivity contribution in [2.24, 2.45) is 0 Å². The summed E-state index contributed by atoms with van der Waals surface area (Å²) in [5.41, 5.74) is 10.3. The fourth-order valence-corrected chi connectivity index (χ4v) is 0.867. The average Bonchev–Trinajstić information content (AvgIpc) is 1.82. The van der Waals surface area contributed by atoms with Crippen LogP contribution in [0.25, 0.3) is 0 Å². The molecule has 0 spiro atoms. The highest BCUT2D eigenvalue weighted by molar-refractivity contribution is 6.31. The second-order valence-electron chi connectivity index (χ2n) is 1.90. The summed E-state index contributed by atoms with van der Waals surface area (Å²) < 4.78 is 12.6. The van der Waals surface area contributed by atoms with E-state index >= 15 is 0 Å². The van der Waals surface area contributed by atoms with Gasteiger partial charge in [-0.25, -0.2) is 4.39 Å². The first-order chi connectivity index (χ1) is 4.61. The molecule has 0 fully saturated rings. The molecule has 0 aliphatic heterocycles. The topological polar surface area (TPSA) is 52.0 Å². The van der Waals surface area contributed by atoms with Crippen LogP contribution in [0.15, 0.2) is 12.1 Å². The molecule has 0 bridgehead atoms. The molecule has 1 aromatic carbocycles. The van der Waals surface area contributed by atoms with Crippen molar-refractivity contribution in [3.05, 3.63) is 23.0 Å². The summed E-state index contributed by atoms with van der Waals surface area (Å²) in [5, 5.41) is 0.344. The van der Waals surface area contributed by atoms with Gasteiger partial charge in [-0.3, -0.25) is 0 Å². The van der Waals surface area contributed by atoms with Gasteiger partial charge in [0.1, 0.15) is 0 Å². The molecule has 0 aromatic heterocycles. The van der Waals surface area contributed by atoms with E-state index in [9.17, 15) is 4.39 Å². The molecular weight excluding hydrogens is 155 g/mol. The van der Waals surface area contributed by atoms with Gasteiger partial charge in [-0.05, 0) is 12.1 Å². The molecule has 10 heavy (non-hydrogen) atoms. The maximum Gasteiger partial charge on any atom is 0.169 e. The molecule has 0 radical (unpaired) electrons. The molecule has 1 aromatic rings. The Bertz CT molecular complexity index is 239. The number of nitrogen functional groups attached to an aromatic ring is 2. The van der Waals surface area contributed by atoms with E-state index in [4.69, 9.17) is 23.1 Å². The maximum absolute atomic E-state index is 12.6. The van der Waals surface area contributed by atoms with Crippen LogP contribution in [0.1, 0.15) is 0 Å². The first-order valence-electron chi connectivity index (χ1n) is 2.61. The highest BCUT2D eigenvalue weighted by Gasteiger charge is 2.02. The van der Waals surface area contributed by atoms with E-state index < -0.39 is 5.82 Å². The zero-order valence-corrected chi connectivity index (χ0v) is 5.82. The number of rotatable bonds is 0. The molecule has 54 valence electrons. The van der Waals surface area contributed by atoms with Gasteiger partial charge >= 0.3 is 0 Å². The van der Waals surface area contributed by atoms with Gasteiger partial charge in [0.2, 0.25) is 0 Å². The molecule has 0 saturated carbocycles. The minimum absolute atomic E-state index is 0.0231. The van der Waals surface area contributed by atoms with Crippen LogP contribution >= 0.6 is 11.6 Å². The molecule has 4 heteroatoms. The quantitative estimate of drug-likeness (QED) is 0.567. The third-order valence-corrected chi connectivity index (χ3v) is 1.31. The third-order valence-electron chi connectivity index (χ3n) is 1.09. The second kappa shape index (κ2) is 2.34. The van der Waals surface area contributed by atoms with Crippen LogP contribution in [0.3, 0.4) is 0 Å². The van der Waals surface area contributed by atoms with E-state index in [2.05, 4.69) is 0 Å². The Kier molecular flexibility index (Phi) is 1.68. The number of nitrogens with two attached hydrogens (primary N) is 2. The van der Waals surface area contributed by atoms with Crippen LogP contribution in [0.5, 0.6) is 0 Å². The van der Waals surface area contributed by atoms with E-state index in [1.165, 1.54) is 12.1 Å². The van der Waals surface area contributed by atoms with Crippen molar-refractivity contribution >= 4 is 23.0 Å². The average molecular weight is 161 g/mol. The molecule has 4 N–H and O–H groups in total. The van der Waals surface area contributed by atoms with Gasteiger partial charge in [0.15, 0.2) is 5.82 Å². The molecule has 0 aliphatic rings. The zero-order valence-electron chi connectivity index (χ0n) is 5.07. The van der Waals surface area contributed by atoms with Gasteiger partial charge in [0.25, 0.3) is 0 Å². The number of hydrogen-bond acceptors (Lipinski definition) is 2. The highest BCUT2D eigenvalue weighted by atomic mass is 35.5. The molecular formula is C6H6ClFN2. The van der Waals surface area contributed by atoms with Gasteiger partial charge in [0.05, 0.1) is 11.4 Å². The Balaban J connectivity index is 3.31. The van der Waals surface area contributed by atoms with Crippen LogP contribution in [0.2, 0.25) is 5.02 Å². The number of anilines is 2. The van der Waals surface area contributed by atoms with E-state index in [1.807, 2.05) is 0 Å². The monoisotopic (exact) mass is 160 g/mol. The van der Waals surface area contributed by atoms with Gasteiger partial charge in [-0.2, -0.15) is 0 Å². The van der Waals surface area contributed by atoms with E-state index in [0.717, 1.165) is 0 Å². The molecule has 1 rings (SSSR count). The number of hydrogen-bond donors (Lipinski definition) is 2. The number of benzene rings is 1. The van der Waals surface area contributed by atoms with Crippen LogP contribution in [0.4, 0.5) is 15.8 Å². The SMILES string of the molecule is Nc1cc(Cl)cc(N)c1F. The summed E-state index contributed by atoms with van der Waals surface area (Å²) in [7, 11) is 0.